The van der Waals surface area contributed by atoms with Gasteiger partial charge in [0.05, 0.1) is 6.04 Å². The molecule has 36 heavy (non-hydrogen) atoms. The van der Waals surface area contributed by atoms with E-state index in [9.17, 15) is 19.0 Å². The molecule has 0 bridgehead atoms. The van der Waals surface area contributed by atoms with Crippen LogP contribution in [0.1, 0.15) is 42.6 Å². The maximum absolute atomic E-state index is 13.2. The lowest BCUT2D eigenvalue weighted by Gasteiger charge is -2.31. The molecule has 0 radical (unpaired) electrons. The Morgan fingerprint density at radius 2 is 1.81 bits per heavy atom. The van der Waals surface area contributed by atoms with Crippen molar-refractivity contribution >= 4 is 11.1 Å². The molecule has 2 aliphatic heterocycles. The number of allylic oxidation sites excluding steroid dienone is 1. The van der Waals surface area contributed by atoms with Crippen molar-refractivity contribution < 1.29 is 28.5 Å². The number of likely N-dealkylation sites (tertiary alicyclic amines) is 1. The summed E-state index contributed by atoms with van der Waals surface area (Å²) < 4.78 is 38.6. The van der Waals surface area contributed by atoms with E-state index in [0.29, 0.717) is 37.6 Å². The molecule has 3 aromatic carbocycles. The Kier molecular flexibility index (Phi) is 6.83. The van der Waals surface area contributed by atoms with E-state index in [1.807, 2.05) is 37.3 Å². The Balaban J connectivity index is 1.37. The summed E-state index contributed by atoms with van der Waals surface area (Å²) in [6.45, 7) is 3.47. The Morgan fingerprint density at radius 1 is 1.03 bits per heavy atom. The fourth-order valence-electron chi connectivity index (χ4n) is 5.15. The number of nitrogens with zero attached hydrogens (tertiary/aromatic N) is 1. The molecule has 188 valence electrons. The smallest absolute Gasteiger partial charge is 0.253 e. The molecule has 5 rings (SSSR count). The number of hydrogen-bond acceptors (Lipinski definition) is 5. The molecule has 7 heteroatoms. The van der Waals surface area contributed by atoms with Crippen molar-refractivity contribution in [3.63, 3.8) is 0 Å². The van der Waals surface area contributed by atoms with Crippen LogP contribution in [0.5, 0.6) is 23.0 Å². The quantitative estimate of drug-likeness (QED) is 0.406. The summed E-state index contributed by atoms with van der Waals surface area (Å²) in [7, 11) is 0. The Morgan fingerprint density at radius 3 is 2.56 bits per heavy atom. The van der Waals surface area contributed by atoms with Crippen LogP contribution in [0.2, 0.25) is 0 Å². The highest BCUT2D eigenvalue weighted by Crippen LogP contribution is 2.47. The number of phenolic OH excluding ortho intramolecular Hbond substituents is 2. The summed E-state index contributed by atoms with van der Waals surface area (Å²) >= 11 is 0. The molecule has 1 saturated heterocycles. The number of aromatic hydroxyl groups is 2. The van der Waals surface area contributed by atoms with Crippen molar-refractivity contribution in [2.75, 3.05) is 19.7 Å². The molecule has 3 aromatic rings. The van der Waals surface area contributed by atoms with Gasteiger partial charge in [-0.25, -0.2) is 8.78 Å². The average molecular weight is 494 g/mol. The van der Waals surface area contributed by atoms with Gasteiger partial charge in [0.25, 0.3) is 6.43 Å². The van der Waals surface area contributed by atoms with E-state index < -0.39 is 18.6 Å². The second kappa shape index (κ2) is 10.2. The van der Waals surface area contributed by atoms with Crippen molar-refractivity contribution in [2.45, 2.75) is 38.3 Å². The van der Waals surface area contributed by atoms with Gasteiger partial charge in [-0.1, -0.05) is 24.3 Å². The van der Waals surface area contributed by atoms with E-state index in [-0.39, 0.29) is 11.5 Å². The van der Waals surface area contributed by atoms with Gasteiger partial charge in [0.2, 0.25) is 0 Å². The summed E-state index contributed by atoms with van der Waals surface area (Å²) in [5.74, 6) is 1.64. The molecule has 1 fully saturated rings. The van der Waals surface area contributed by atoms with Crippen LogP contribution in [0.4, 0.5) is 8.78 Å². The number of halogens is 2. The number of hydrogen-bond donors (Lipinski definition) is 2. The van der Waals surface area contributed by atoms with E-state index in [4.69, 9.17) is 9.47 Å². The molecule has 0 aromatic heterocycles. The van der Waals surface area contributed by atoms with Crippen LogP contribution >= 0.6 is 0 Å². The van der Waals surface area contributed by atoms with Crippen LogP contribution in [0.3, 0.4) is 0 Å². The minimum Gasteiger partial charge on any atom is -0.508 e. The average Bonchev–Trinajstić information content (AvgIpc) is 3.34. The second-order valence-corrected chi connectivity index (χ2v) is 9.26. The zero-order chi connectivity index (χ0) is 25.2. The first-order valence-corrected chi connectivity index (χ1v) is 12.2. The first kappa shape index (κ1) is 24.1. The number of benzene rings is 3. The van der Waals surface area contributed by atoms with Crippen LogP contribution in [-0.2, 0) is 0 Å². The molecule has 2 atom stereocenters. The lowest BCUT2D eigenvalue weighted by Crippen LogP contribution is -2.37. The highest BCUT2D eigenvalue weighted by atomic mass is 19.3. The van der Waals surface area contributed by atoms with Crippen molar-refractivity contribution in [1.82, 2.24) is 4.90 Å². The van der Waals surface area contributed by atoms with Gasteiger partial charge in [-0.3, -0.25) is 4.90 Å². The second-order valence-electron chi connectivity index (χ2n) is 9.26. The van der Waals surface area contributed by atoms with Crippen LogP contribution in [-0.4, -0.2) is 47.3 Å². The van der Waals surface area contributed by atoms with Crippen molar-refractivity contribution in [3.8, 4) is 23.0 Å². The maximum Gasteiger partial charge on any atom is 0.253 e. The first-order valence-electron chi connectivity index (χ1n) is 12.2. The number of alkyl halides is 2. The lowest BCUT2D eigenvalue weighted by atomic mass is 9.86. The zero-order valence-electron chi connectivity index (χ0n) is 20.0. The normalized spacial score (nSPS) is 19.9. The summed E-state index contributed by atoms with van der Waals surface area (Å²) in [4.78, 5) is 1.80. The largest absolute Gasteiger partial charge is 0.508 e. The monoisotopic (exact) mass is 493 g/mol. The minimum absolute atomic E-state index is 0.153. The van der Waals surface area contributed by atoms with E-state index in [0.717, 1.165) is 34.3 Å². The van der Waals surface area contributed by atoms with Gasteiger partial charge in [-0.15, -0.1) is 0 Å². The number of rotatable bonds is 7. The van der Waals surface area contributed by atoms with E-state index in [1.54, 1.807) is 41.3 Å². The van der Waals surface area contributed by atoms with Crippen LogP contribution < -0.4 is 9.47 Å². The molecule has 2 aliphatic rings. The minimum atomic E-state index is -2.33. The third-order valence-electron chi connectivity index (χ3n) is 6.97. The molecule has 0 amide bonds. The van der Waals surface area contributed by atoms with Crippen LogP contribution in [0, 0.1) is 0 Å². The molecular formula is C29H29F2NO4. The van der Waals surface area contributed by atoms with E-state index in [2.05, 4.69) is 0 Å². The maximum atomic E-state index is 13.2. The predicted molar refractivity (Wildman–Crippen MR) is 135 cm³/mol. The zero-order valence-corrected chi connectivity index (χ0v) is 20.0. The Bertz CT molecular complexity index is 1260. The molecule has 0 aliphatic carbocycles. The standard InChI is InChI=1S/C29H29F2NO4/c1-18-24-17-22(34)9-12-26(24)36-28(27(18)20-4-2-5-21(33)16-20)19-7-10-23(11-8-19)35-15-14-32-13-3-6-25(32)29(30)31/h2,4-5,7-12,16-17,25,28-29,33-34H,3,6,13-15H2,1H3/t25-,28?/m0/s1. The predicted octanol–water partition coefficient (Wildman–Crippen LogP) is 6.27. The van der Waals surface area contributed by atoms with Crippen LogP contribution in [0.25, 0.3) is 11.1 Å². The van der Waals surface area contributed by atoms with E-state index >= 15 is 0 Å². The molecule has 0 saturated carbocycles. The molecule has 2 N–H and O–H groups in total. The van der Waals surface area contributed by atoms with Crippen LogP contribution in [0.15, 0.2) is 66.7 Å². The third kappa shape index (κ3) is 4.88. The molecule has 0 spiro atoms. The van der Waals surface area contributed by atoms with Crippen molar-refractivity contribution in [1.29, 1.82) is 0 Å². The highest BCUT2D eigenvalue weighted by Gasteiger charge is 2.32. The molecule has 1 unspecified atom stereocenters. The van der Waals surface area contributed by atoms with Gasteiger partial charge in [-0.05, 0) is 85.5 Å². The van der Waals surface area contributed by atoms with E-state index in [1.165, 1.54) is 0 Å². The Hall–Kier alpha value is -3.58. The number of phenols is 2. The lowest BCUT2D eigenvalue weighted by molar-refractivity contribution is 0.0419. The number of ether oxygens (including phenoxy) is 2. The molecule has 2 heterocycles. The first-order chi connectivity index (χ1) is 17.4. The van der Waals surface area contributed by atoms with Crippen molar-refractivity contribution in [2.24, 2.45) is 0 Å². The SMILES string of the molecule is CC1=C(c2cccc(O)c2)C(c2ccc(OCCN3CCC[C@H]3C(F)F)cc2)Oc2ccc(O)cc21. The summed E-state index contributed by atoms with van der Waals surface area (Å²) in [6.07, 6.45) is -1.43. The van der Waals surface area contributed by atoms with Gasteiger partial charge in [0.15, 0.2) is 0 Å². The third-order valence-corrected chi connectivity index (χ3v) is 6.97. The van der Waals surface area contributed by atoms with Gasteiger partial charge >= 0.3 is 0 Å². The summed E-state index contributed by atoms with van der Waals surface area (Å²) in [5, 5.41) is 20.1. The topological polar surface area (TPSA) is 62.2 Å². The van der Waals surface area contributed by atoms with Gasteiger partial charge in [0.1, 0.15) is 35.7 Å². The molecule has 5 nitrogen and oxygen atoms in total. The Labute approximate surface area is 209 Å². The fraction of sp³-hybridized carbons (Fsp3) is 0.310. The van der Waals surface area contributed by atoms with Gasteiger partial charge < -0.3 is 19.7 Å². The number of fused-ring (bicyclic) bond motifs is 1. The summed E-state index contributed by atoms with van der Waals surface area (Å²) in [6, 6.07) is 19.0. The fourth-order valence-corrected chi connectivity index (χ4v) is 5.15. The molecular weight excluding hydrogens is 464 g/mol. The van der Waals surface area contributed by atoms with Crippen molar-refractivity contribution in [3.05, 3.63) is 83.4 Å². The van der Waals surface area contributed by atoms with Gasteiger partial charge in [0, 0.05) is 17.7 Å². The summed E-state index contributed by atoms with van der Waals surface area (Å²) in [5.41, 5.74) is 4.36. The van der Waals surface area contributed by atoms with Gasteiger partial charge in [-0.2, -0.15) is 0 Å². The highest BCUT2D eigenvalue weighted by molar-refractivity contribution is 5.95.